The molecule has 23 heavy (non-hydrogen) atoms. The molecule has 1 aromatic rings. The number of hydrogen-bond acceptors (Lipinski definition) is 7. The van der Waals surface area contributed by atoms with E-state index in [1.807, 2.05) is 30.3 Å². The Balaban J connectivity index is 0.000000688. The Morgan fingerprint density at radius 2 is 1.65 bits per heavy atom. The van der Waals surface area contributed by atoms with Gasteiger partial charge in [-0.2, -0.15) is 9.78 Å². The van der Waals surface area contributed by atoms with Crippen molar-refractivity contribution in [2.75, 3.05) is 7.11 Å². The zero-order valence-corrected chi connectivity index (χ0v) is 14.2. The van der Waals surface area contributed by atoms with E-state index in [1.165, 1.54) is 21.0 Å². The Morgan fingerprint density at radius 1 is 1.09 bits per heavy atom. The van der Waals surface area contributed by atoms with Crippen molar-refractivity contribution < 1.29 is 33.9 Å². The Morgan fingerprint density at radius 3 is 2.09 bits per heavy atom. The predicted octanol–water partition coefficient (Wildman–Crippen LogP) is 2.76. The van der Waals surface area contributed by atoms with Crippen LogP contribution in [0.1, 0.15) is 26.3 Å². The molecule has 2 unspecified atom stereocenters. The highest BCUT2D eigenvalue weighted by molar-refractivity contribution is 6.20. The lowest BCUT2D eigenvalue weighted by atomic mass is 10.2. The first-order valence-corrected chi connectivity index (χ1v) is 7.15. The number of carbonyl (C=O) groups is 2. The molecule has 0 fully saturated rings. The molecule has 7 nitrogen and oxygen atoms in total. The van der Waals surface area contributed by atoms with Crippen LogP contribution in [0.4, 0.5) is 0 Å². The maximum absolute atomic E-state index is 10.5. The highest BCUT2D eigenvalue weighted by Crippen LogP contribution is 2.12. The van der Waals surface area contributed by atoms with Gasteiger partial charge in [0.2, 0.25) is 5.56 Å². The van der Waals surface area contributed by atoms with Gasteiger partial charge in [-0.25, -0.2) is 9.59 Å². The lowest BCUT2D eigenvalue weighted by Crippen LogP contribution is -2.24. The molecule has 0 N–H and O–H groups in total. The molecule has 0 saturated carbocycles. The van der Waals surface area contributed by atoms with Gasteiger partial charge in [0.25, 0.3) is 0 Å². The average molecular weight is 349 g/mol. The van der Waals surface area contributed by atoms with E-state index in [2.05, 4.69) is 19.6 Å². The molecule has 2 atom stereocenters. The molecule has 1 rings (SSSR count). The third-order valence-corrected chi connectivity index (χ3v) is 2.61. The fourth-order valence-corrected chi connectivity index (χ4v) is 1.30. The predicted molar refractivity (Wildman–Crippen MR) is 82.0 cm³/mol. The first-order valence-electron chi connectivity index (χ1n) is 6.71. The zero-order chi connectivity index (χ0) is 17.7. The fraction of sp³-hybridized carbons (Fsp3) is 0.467. The van der Waals surface area contributed by atoms with Gasteiger partial charge in [0.05, 0.1) is 19.8 Å². The number of rotatable bonds is 7. The molecule has 130 valence electrons. The van der Waals surface area contributed by atoms with Crippen LogP contribution in [0.2, 0.25) is 0 Å². The maximum atomic E-state index is 10.5. The van der Waals surface area contributed by atoms with Crippen LogP contribution >= 0.6 is 11.6 Å². The lowest BCUT2D eigenvalue weighted by molar-refractivity contribution is -0.293. The Labute approximate surface area is 140 Å². The van der Waals surface area contributed by atoms with Crippen LogP contribution in [0.5, 0.6) is 0 Å². The van der Waals surface area contributed by atoms with Crippen LogP contribution in [-0.4, -0.2) is 30.7 Å². The van der Waals surface area contributed by atoms with Crippen molar-refractivity contribution in [3.63, 3.8) is 0 Å². The lowest BCUT2D eigenvalue weighted by Gasteiger charge is -2.17. The highest BCUT2D eigenvalue weighted by atomic mass is 35.5. The summed E-state index contributed by atoms with van der Waals surface area (Å²) >= 11 is 5.82. The summed E-state index contributed by atoms with van der Waals surface area (Å²) in [6, 6.07) is 9.68. The van der Waals surface area contributed by atoms with E-state index < -0.39 is 23.6 Å². The van der Waals surface area contributed by atoms with Crippen LogP contribution in [0.3, 0.4) is 0 Å². The molecule has 0 bridgehead atoms. The number of hydrogen-bond donors (Lipinski definition) is 0. The minimum Gasteiger partial charge on any atom is -0.370 e. The summed E-state index contributed by atoms with van der Waals surface area (Å²) in [5.41, 5.74) is 0.207. The van der Waals surface area contributed by atoms with Crippen LogP contribution in [0, 0.1) is 0 Å². The van der Waals surface area contributed by atoms with Crippen molar-refractivity contribution in [1.29, 1.82) is 0 Å². The van der Waals surface area contributed by atoms with Crippen molar-refractivity contribution in [2.45, 2.75) is 39.0 Å². The summed E-state index contributed by atoms with van der Waals surface area (Å²) < 4.78 is 5.47. The Kier molecular flexibility index (Phi) is 11.9. The summed E-state index contributed by atoms with van der Waals surface area (Å²) in [6.45, 7) is 4.67. The number of benzene rings is 1. The Hall–Kier alpha value is -1.67. The molecule has 0 aliphatic carbocycles. The van der Waals surface area contributed by atoms with Gasteiger partial charge in [-0.1, -0.05) is 41.9 Å². The molecule has 0 heterocycles. The van der Waals surface area contributed by atoms with E-state index in [1.54, 1.807) is 6.92 Å². The van der Waals surface area contributed by atoms with Crippen molar-refractivity contribution in [3.05, 3.63) is 35.9 Å². The highest BCUT2D eigenvalue weighted by Gasteiger charge is 2.18. The minimum absolute atomic E-state index is 0.392. The average Bonchev–Trinajstić information content (AvgIpc) is 2.51. The van der Waals surface area contributed by atoms with E-state index >= 15 is 0 Å². The first kappa shape index (κ1) is 21.3. The number of ether oxygens (including phenoxy) is 1. The molecule has 0 aliphatic rings. The summed E-state index contributed by atoms with van der Waals surface area (Å²) in [5, 5.41) is 0. The van der Waals surface area contributed by atoms with Crippen LogP contribution in [0.25, 0.3) is 0 Å². The van der Waals surface area contributed by atoms with Gasteiger partial charge in [-0.05, 0) is 12.5 Å². The van der Waals surface area contributed by atoms with Gasteiger partial charge in [0.15, 0.2) is 0 Å². The summed E-state index contributed by atoms with van der Waals surface area (Å²) in [4.78, 5) is 37.0. The normalized spacial score (nSPS) is 12.4. The van der Waals surface area contributed by atoms with Gasteiger partial charge >= 0.3 is 11.9 Å². The maximum Gasteiger partial charge on any atom is 0.339 e. The second-order valence-electron chi connectivity index (χ2n) is 4.27. The molecular formula is C15H21ClO7. The molecule has 1 aromatic carbocycles. The summed E-state index contributed by atoms with van der Waals surface area (Å²) in [7, 11) is 1.28. The number of carbonyl (C=O) groups excluding carboxylic acids is 2. The first-order chi connectivity index (χ1) is 10.9. The van der Waals surface area contributed by atoms with Gasteiger partial charge in [0.1, 0.15) is 0 Å². The minimum atomic E-state index is -0.831. The van der Waals surface area contributed by atoms with Crippen LogP contribution in [-0.2, 0) is 40.5 Å². The third-order valence-electron chi connectivity index (χ3n) is 2.18. The van der Waals surface area contributed by atoms with E-state index in [4.69, 9.17) is 16.3 Å². The standard InChI is InChI=1S/C12H15ClO4.C3H6O3/c1-9(12(13)17-16-10(2)14)15-8-11-6-4-3-5-7-11;1-3(4)6-5-2/h3-7,9,12H,8H2,1-2H3;1-2H3. The van der Waals surface area contributed by atoms with Gasteiger partial charge in [0, 0.05) is 13.8 Å². The van der Waals surface area contributed by atoms with E-state index in [0.29, 0.717) is 6.61 Å². The van der Waals surface area contributed by atoms with E-state index in [-0.39, 0.29) is 0 Å². The van der Waals surface area contributed by atoms with Crippen molar-refractivity contribution in [1.82, 2.24) is 0 Å². The largest absolute Gasteiger partial charge is 0.370 e. The second-order valence-corrected chi connectivity index (χ2v) is 4.70. The van der Waals surface area contributed by atoms with Gasteiger partial charge in [-0.15, -0.1) is 0 Å². The second kappa shape index (κ2) is 12.8. The summed E-state index contributed by atoms with van der Waals surface area (Å²) in [6.07, 6.45) is -0.392. The molecular weight excluding hydrogens is 328 g/mol. The van der Waals surface area contributed by atoms with Crippen LogP contribution < -0.4 is 0 Å². The quantitative estimate of drug-likeness (QED) is 0.425. The Bertz CT molecular complexity index is 452. The smallest absolute Gasteiger partial charge is 0.339 e. The molecule has 0 spiro atoms. The van der Waals surface area contributed by atoms with Crippen molar-refractivity contribution >= 4 is 23.5 Å². The van der Waals surface area contributed by atoms with E-state index in [9.17, 15) is 9.59 Å². The van der Waals surface area contributed by atoms with Crippen molar-refractivity contribution in [3.8, 4) is 0 Å². The molecule has 0 saturated heterocycles. The molecule has 0 aromatic heterocycles. The van der Waals surface area contributed by atoms with E-state index in [0.717, 1.165) is 5.56 Å². The third kappa shape index (κ3) is 12.5. The van der Waals surface area contributed by atoms with Gasteiger partial charge in [-0.3, -0.25) is 9.78 Å². The van der Waals surface area contributed by atoms with Crippen LogP contribution in [0.15, 0.2) is 30.3 Å². The zero-order valence-electron chi connectivity index (χ0n) is 13.5. The van der Waals surface area contributed by atoms with Crippen molar-refractivity contribution in [2.24, 2.45) is 0 Å². The number of halogens is 1. The molecule has 0 amide bonds. The number of alkyl halides is 1. The van der Waals surface area contributed by atoms with Gasteiger partial charge < -0.3 is 4.74 Å². The monoisotopic (exact) mass is 348 g/mol. The fourth-order valence-electron chi connectivity index (χ4n) is 1.19. The molecule has 0 radical (unpaired) electrons. The summed E-state index contributed by atoms with van der Waals surface area (Å²) in [5.74, 6) is -0.983. The molecule has 0 aliphatic heterocycles. The topological polar surface area (TPSA) is 80.3 Å². The SMILES string of the molecule is CC(=O)OOC(Cl)C(C)OCc1ccccc1.COOC(C)=O. The molecule has 8 heteroatoms.